The second kappa shape index (κ2) is 11.3. The third-order valence-electron chi connectivity index (χ3n) is 14.8. The van der Waals surface area contributed by atoms with Gasteiger partial charge in [-0.3, -0.25) is 0 Å². The van der Waals surface area contributed by atoms with Crippen molar-refractivity contribution in [1.82, 2.24) is 0 Å². The highest BCUT2D eigenvalue weighted by Gasteiger charge is 2.58. The summed E-state index contributed by atoms with van der Waals surface area (Å²) in [5, 5.41) is 0. The van der Waals surface area contributed by atoms with E-state index in [1.807, 2.05) is 0 Å². The van der Waals surface area contributed by atoms with Crippen molar-refractivity contribution in [2.45, 2.75) is 62.8 Å². The first kappa shape index (κ1) is 32.3. The van der Waals surface area contributed by atoms with Gasteiger partial charge in [-0.2, -0.15) is 0 Å². The van der Waals surface area contributed by atoms with Crippen LogP contribution in [0.15, 0.2) is 164 Å². The molecule has 1 saturated carbocycles. The molecule has 2 unspecified atom stereocenters. The van der Waals surface area contributed by atoms with Gasteiger partial charge in [0.1, 0.15) is 0 Å². The van der Waals surface area contributed by atoms with Crippen LogP contribution in [0.1, 0.15) is 68.7 Å². The minimum Gasteiger partial charge on any atom is -0.334 e. The smallest absolute Gasteiger partial charge is 0.252 e. The summed E-state index contributed by atoms with van der Waals surface area (Å²) >= 11 is 0. The van der Waals surface area contributed by atoms with Gasteiger partial charge in [0.25, 0.3) is 6.71 Å². The molecule has 0 bridgehead atoms. The van der Waals surface area contributed by atoms with Crippen LogP contribution in [-0.4, -0.2) is 12.3 Å². The van der Waals surface area contributed by atoms with Gasteiger partial charge in [-0.1, -0.05) is 129 Å². The molecule has 12 rings (SSSR count). The summed E-state index contributed by atoms with van der Waals surface area (Å²) in [6, 6.07) is 62.0. The van der Waals surface area contributed by atoms with Gasteiger partial charge < -0.3 is 14.7 Å². The van der Waals surface area contributed by atoms with Gasteiger partial charge >= 0.3 is 0 Å². The number of fused-ring (bicyclic) bond motifs is 3. The summed E-state index contributed by atoms with van der Waals surface area (Å²) in [5.41, 5.74) is 19.6. The molecule has 1 aliphatic carbocycles. The van der Waals surface area contributed by atoms with Crippen LogP contribution in [0.4, 0.5) is 45.5 Å². The van der Waals surface area contributed by atoms with Crippen LogP contribution in [0, 0.1) is 0 Å². The molecule has 4 heteroatoms. The van der Waals surface area contributed by atoms with Crippen LogP contribution in [0.2, 0.25) is 0 Å². The SMILES string of the molecule is CC1(c2ccccc2)c2cccc3c2B2c4c(cc(N5c6ccccc6C6(C)CCCCC56C)cc4N(c4ccccc4)c4cccc1c42)N3c1ccccc1. The molecule has 0 aromatic heterocycles. The number of rotatable bonds is 4. The zero-order valence-corrected chi connectivity index (χ0v) is 32.3. The van der Waals surface area contributed by atoms with Crippen molar-refractivity contribution in [1.29, 1.82) is 0 Å². The van der Waals surface area contributed by atoms with E-state index in [9.17, 15) is 0 Å². The summed E-state index contributed by atoms with van der Waals surface area (Å²) in [6.07, 6.45) is 4.88. The van der Waals surface area contributed by atoms with E-state index in [0.717, 1.165) is 6.42 Å². The van der Waals surface area contributed by atoms with Crippen molar-refractivity contribution in [2.24, 2.45) is 0 Å². The molecule has 7 aromatic carbocycles. The molecule has 4 aliphatic heterocycles. The summed E-state index contributed by atoms with van der Waals surface area (Å²) in [4.78, 5) is 7.95. The molecule has 56 heavy (non-hydrogen) atoms. The minimum atomic E-state index is -0.354. The molecule has 0 saturated heterocycles. The molecule has 5 aliphatic rings. The van der Waals surface area contributed by atoms with Crippen LogP contribution in [0.25, 0.3) is 0 Å². The van der Waals surface area contributed by atoms with Gasteiger partial charge in [-0.25, -0.2) is 0 Å². The molecule has 270 valence electrons. The van der Waals surface area contributed by atoms with E-state index in [1.54, 1.807) is 0 Å². The third kappa shape index (κ3) is 3.90. The first-order valence-corrected chi connectivity index (χ1v) is 20.5. The lowest BCUT2D eigenvalue weighted by atomic mass is 9.28. The highest BCUT2D eigenvalue weighted by molar-refractivity contribution is 7.01. The summed E-state index contributed by atoms with van der Waals surface area (Å²) < 4.78 is 0. The molecule has 0 radical (unpaired) electrons. The molecule has 7 aromatic rings. The maximum Gasteiger partial charge on any atom is 0.252 e. The first-order chi connectivity index (χ1) is 27.4. The molecule has 3 nitrogen and oxygen atoms in total. The van der Waals surface area contributed by atoms with E-state index >= 15 is 0 Å². The van der Waals surface area contributed by atoms with Crippen LogP contribution in [0.5, 0.6) is 0 Å². The molecule has 0 N–H and O–H groups in total. The van der Waals surface area contributed by atoms with E-state index in [1.165, 1.54) is 103 Å². The van der Waals surface area contributed by atoms with Crippen molar-refractivity contribution in [2.75, 3.05) is 14.7 Å². The fourth-order valence-corrected chi connectivity index (χ4v) is 12.1. The normalized spacial score (nSPS) is 21.7. The maximum absolute atomic E-state index is 2.76. The average Bonchev–Trinajstić information content (AvgIpc) is 3.46. The third-order valence-corrected chi connectivity index (χ3v) is 14.8. The minimum absolute atomic E-state index is 0.0570. The van der Waals surface area contributed by atoms with Crippen molar-refractivity contribution in [3.63, 3.8) is 0 Å². The van der Waals surface area contributed by atoms with E-state index < -0.39 is 0 Å². The Bertz CT molecular complexity index is 2610. The number of nitrogens with zero attached hydrogens (tertiary/aromatic N) is 3. The Hall–Kier alpha value is -6.00. The molecular formula is C52H44BN3. The maximum atomic E-state index is 2.76. The Morgan fingerprint density at radius 2 is 0.911 bits per heavy atom. The van der Waals surface area contributed by atoms with Crippen LogP contribution < -0.4 is 31.1 Å². The largest absolute Gasteiger partial charge is 0.334 e. The molecule has 0 spiro atoms. The van der Waals surface area contributed by atoms with Crippen molar-refractivity contribution in [3.05, 3.63) is 186 Å². The molecule has 2 atom stereocenters. The number of anilines is 8. The Morgan fingerprint density at radius 3 is 1.50 bits per heavy atom. The standard InChI is InChI=1S/C52H44BN3/c1-50-31-15-16-32-51(50,2)56(42-28-14-13-25-39(42)50)38-33-45-49-46(34-38)55(37-23-11-6-12-24-37)44-30-18-27-41-48(44)53(49)47-40(52(41,3)35-19-7-4-8-20-35)26-17-29-43(47)54(45)36-21-9-5-10-22-36/h4-14,17-30,33-34H,15-16,31-32H2,1-3H3. The topological polar surface area (TPSA) is 9.72 Å². The number of para-hydroxylation sites is 3. The summed E-state index contributed by atoms with van der Waals surface area (Å²) in [6.45, 7) is 7.64. The van der Waals surface area contributed by atoms with Gasteiger partial charge in [-0.15, -0.1) is 0 Å². The Morgan fingerprint density at radius 1 is 0.429 bits per heavy atom. The van der Waals surface area contributed by atoms with Crippen LogP contribution in [0.3, 0.4) is 0 Å². The first-order valence-electron chi connectivity index (χ1n) is 20.5. The quantitative estimate of drug-likeness (QED) is 0.168. The highest BCUT2D eigenvalue weighted by atomic mass is 15.3. The van der Waals surface area contributed by atoms with Crippen molar-refractivity contribution in [3.8, 4) is 0 Å². The van der Waals surface area contributed by atoms with Crippen molar-refractivity contribution < 1.29 is 0 Å². The second-order valence-electron chi connectivity index (χ2n) is 17.3. The lowest BCUT2D eigenvalue weighted by Crippen LogP contribution is -2.67. The van der Waals surface area contributed by atoms with Gasteiger partial charge in [0, 0.05) is 56.3 Å². The fraction of sp³-hybridized carbons (Fsp3) is 0.192. The van der Waals surface area contributed by atoms with Gasteiger partial charge in [0.15, 0.2) is 0 Å². The molecule has 1 fully saturated rings. The zero-order chi connectivity index (χ0) is 37.4. The fourth-order valence-electron chi connectivity index (χ4n) is 12.1. The Labute approximate surface area is 330 Å². The molecule has 4 heterocycles. The van der Waals surface area contributed by atoms with E-state index in [4.69, 9.17) is 0 Å². The lowest BCUT2D eigenvalue weighted by Gasteiger charge is -2.52. The number of hydrogen-bond acceptors (Lipinski definition) is 3. The van der Waals surface area contributed by atoms with Gasteiger partial charge in [0.2, 0.25) is 0 Å². The van der Waals surface area contributed by atoms with Crippen molar-refractivity contribution >= 4 is 68.6 Å². The monoisotopic (exact) mass is 721 g/mol. The Balaban J connectivity index is 1.23. The average molecular weight is 722 g/mol. The van der Waals surface area contributed by atoms with E-state index in [0.29, 0.717) is 0 Å². The Kier molecular flexibility index (Phi) is 6.51. The van der Waals surface area contributed by atoms with Crippen LogP contribution in [-0.2, 0) is 10.8 Å². The second-order valence-corrected chi connectivity index (χ2v) is 17.3. The number of hydrogen-bond donors (Lipinski definition) is 0. The predicted octanol–water partition coefficient (Wildman–Crippen LogP) is 11.2. The molecule has 0 amide bonds. The van der Waals surface area contributed by atoms with E-state index in [-0.39, 0.29) is 23.1 Å². The predicted molar refractivity (Wildman–Crippen MR) is 235 cm³/mol. The van der Waals surface area contributed by atoms with Gasteiger partial charge in [0.05, 0.1) is 5.54 Å². The van der Waals surface area contributed by atoms with E-state index in [2.05, 4.69) is 199 Å². The highest BCUT2D eigenvalue weighted by Crippen LogP contribution is 2.62. The molecular weight excluding hydrogens is 677 g/mol. The lowest BCUT2D eigenvalue weighted by molar-refractivity contribution is 0.195. The summed E-state index contributed by atoms with van der Waals surface area (Å²) in [5.74, 6) is 0. The summed E-state index contributed by atoms with van der Waals surface area (Å²) in [7, 11) is 0. The van der Waals surface area contributed by atoms with Crippen LogP contribution >= 0.6 is 0 Å². The number of benzene rings is 7. The van der Waals surface area contributed by atoms with Gasteiger partial charge in [-0.05, 0) is 120 Å². The zero-order valence-electron chi connectivity index (χ0n) is 32.3.